The Labute approximate surface area is 126 Å². The summed E-state index contributed by atoms with van der Waals surface area (Å²) in [5, 5.41) is 0. The summed E-state index contributed by atoms with van der Waals surface area (Å²) >= 11 is 5.24. The number of benzene rings is 1. The third-order valence-corrected chi connectivity index (χ3v) is 5.43. The highest BCUT2D eigenvalue weighted by Crippen LogP contribution is 2.37. The first-order chi connectivity index (χ1) is 8.93. The smallest absolute Gasteiger partial charge is 0.124 e. The van der Waals surface area contributed by atoms with Gasteiger partial charge in [0.1, 0.15) is 5.75 Å². The molecule has 19 heavy (non-hydrogen) atoms. The van der Waals surface area contributed by atoms with Gasteiger partial charge in [0.2, 0.25) is 0 Å². The minimum Gasteiger partial charge on any atom is -0.496 e. The Morgan fingerprint density at radius 2 is 1.84 bits per heavy atom. The Kier molecular flexibility index (Phi) is 4.33. The molecule has 0 radical (unpaired) electrons. The maximum absolute atomic E-state index is 6.44. The van der Waals surface area contributed by atoms with Crippen molar-refractivity contribution >= 4 is 27.3 Å². The molecule has 0 aliphatic rings. The fraction of sp³-hybridized carbons (Fsp3) is 0.333. The molecule has 0 saturated carbocycles. The number of aryl methyl sites for hydroxylation is 3. The van der Waals surface area contributed by atoms with E-state index in [0.717, 1.165) is 20.0 Å². The van der Waals surface area contributed by atoms with Crippen molar-refractivity contribution in [2.75, 3.05) is 7.11 Å². The first-order valence-corrected chi connectivity index (χ1v) is 7.71. The first kappa shape index (κ1) is 14.6. The summed E-state index contributed by atoms with van der Waals surface area (Å²) < 4.78 is 6.64. The predicted molar refractivity (Wildman–Crippen MR) is 85.3 cm³/mol. The van der Waals surface area contributed by atoms with Crippen LogP contribution in [0, 0.1) is 20.8 Å². The summed E-state index contributed by atoms with van der Waals surface area (Å²) in [7, 11) is 1.69. The normalized spacial score (nSPS) is 12.5. The molecule has 1 unspecified atom stereocenters. The number of rotatable bonds is 3. The van der Waals surface area contributed by atoms with Crippen molar-refractivity contribution in [1.82, 2.24) is 0 Å². The van der Waals surface area contributed by atoms with Crippen LogP contribution in [0.3, 0.4) is 0 Å². The number of methoxy groups -OCH3 is 1. The second-order valence-corrected chi connectivity index (χ2v) is 7.18. The number of nitrogens with two attached hydrogens (primary N) is 1. The number of hydrogen-bond donors (Lipinski definition) is 1. The summed E-state index contributed by atoms with van der Waals surface area (Å²) in [5.74, 6) is 0.868. The summed E-state index contributed by atoms with van der Waals surface area (Å²) in [5.41, 5.74) is 11.1. The van der Waals surface area contributed by atoms with Crippen LogP contribution in [0.1, 0.15) is 33.2 Å². The minimum atomic E-state index is -0.148. The molecule has 0 spiro atoms. The second-order valence-electron chi connectivity index (χ2n) is 4.78. The van der Waals surface area contributed by atoms with Crippen molar-refractivity contribution in [3.63, 3.8) is 0 Å². The van der Waals surface area contributed by atoms with Crippen molar-refractivity contribution in [1.29, 1.82) is 0 Å². The number of ether oxygens (including phenoxy) is 1. The third-order valence-electron chi connectivity index (χ3n) is 3.21. The summed E-state index contributed by atoms with van der Waals surface area (Å²) in [6.45, 7) is 6.23. The number of thiophene rings is 1. The lowest BCUT2D eigenvalue weighted by Gasteiger charge is -2.18. The highest BCUT2D eigenvalue weighted by molar-refractivity contribution is 9.11. The predicted octanol–water partition coefficient (Wildman–Crippen LogP) is 4.49. The van der Waals surface area contributed by atoms with E-state index in [1.165, 1.54) is 16.7 Å². The van der Waals surface area contributed by atoms with Crippen LogP contribution >= 0.6 is 27.3 Å². The molecule has 1 heterocycles. The Balaban J connectivity index is 2.51. The Bertz CT molecular complexity index is 587. The van der Waals surface area contributed by atoms with Crippen LogP contribution in [0.15, 0.2) is 22.0 Å². The van der Waals surface area contributed by atoms with E-state index in [9.17, 15) is 0 Å². The van der Waals surface area contributed by atoms with Gasteiger partial charge < -0.3 is 10.5 Å². The van der Waals surface area contributed by atoms with E-state index in [1.807, 2.05) is 6.07 Å². The van der Waals surface area contributed by atoms with Crippen LogP contribution in [-0.4, -0.2) is 7.11 Å². The van der Waals surface area contributed by atoms with E-state index in [0.29, 0.717) is 0 Å². The SMILES string of the molecule is COc1cc(C)cc(C)c1C(N)c1cc(C)c(Br)s1. The van der Waals surface area contributed by atoms with Gasteiger partial charge in [-0.05, 0) is 65.5 Å². The molecule has 2 rings (SSSR count). The molecule has 2 N–H and O–H groups in total. The average Bonchev–Trinajstić information content (AvgIpc) is 2.68. The van der Waals surface area contributed by atoms with Crippen LogP contribution in [0.2, 0.25) is 0 Å². The molecule has 0 saturated heterocycles. The molecular formula is C15H18BrNOS. The number of halogens is 1. The lowest BCUT2D eigenvalue weighted by atomic mass is 9.97. The van der Waals surface area contributed by atoms with Gasteiger partial charge in [-0.3, -0.25) is 0 Å². The first-order valence-electron chi connectivity index (χ1n) is 6.10. The molecule has 2 nitrogen and oxygen atoms in total. The maximum atomic E-state index is 6.44. The molecule has 102 valence electrons. The molecule has 4 heteroatoms. The van der Waals surface area contributed by atoms with Gasteiger partial charge in [-0.1, -0.05) is 6.07 Å². The zero-order valence-electron chi connectivity index (χ0n) is 11.6. The van der Waals surface area contributed by atoms with Gasteiger partial charge in [0.05, 0.1) is 16.9 Å². The fourth-order valence-electron chi connectivity index (χ4n) is 2.29. The van der Waals surface area contributed by atoms with Gasteiger partial charge >= 0.3 is 0 Å². The van der Waals surface area contributed by atoms with Crippen LogP contribution < -0.4 is 10.5 Å². The molecule has 0 aliphatic heterocycles. The Hall–Kier alpha value is -0.840. The van der Waals surface area contributed by atoms with E-state index in [4.69, 9.17) is 10.5 Å². The van der Waals surface area contributed by atoms with E-state index in [1.54, 1.807) is 18.4 Å². The standard InChI is InChI=1S/C15H18BrNOS/c1-8-5-9(2)13(11(6-8)18-4)14(17)12-7-10(3)15(16)19-12/h5-7,14H,17H2,1-4H3. The molecule has 1 aromatic carbocycles. The van der Waals surface area contributed by atoms with E-state index in [2.05, 4.69) is 48.8 Å². The van der Waals surface area contributed by atoms with Crippen LogP contribution in [0.5, 0.6) is 5.75 Å². The molecular weight excluding hydrogens is 322 g/mol. The van der Waals surface area contributed by atoms with E-state index in [-0.39, 0.29) is 6.04 Å². The summed E-state index contributed by atoms with van der Waals surface area (Å²) in [4.78, 5) is 1.15. The lowest BCUT2D eigenvalue weighted by molar-refractivity contribution is 0.407. The highest BCUT2D eigenvalue weighted by atomic mass is 79.9. The molecule has 1 atom stereocenters. The van der Waals surface area contributed by atoms with Crippen molar-refractivity contribution < 1.29 is 4.74 Å². The van der Waals surface area contributed by atoms with Gasteiger partial charge in [-0.2, -0.15) is 0 Å². The molecule has 1 aromatic heterocycles. The largest absolute Gasteiger partial charge is 0.496 e. The molecule has 0 amide bonds. The molecule has 0 bridgehead atoms. The fourth-order valence-corrected chi connectivity index (χ4v) is 3.87. The zero-order chi connectivity index (χ0) is 14.2. The van der Waals surface area contributed by atoms with Crippen LogP contribution in [-0.2, 0) is 0 Å². The van der Waals surface area contributed by atoms with Gasteiger partial charge in [-0.15, -0.1) is 11.3 Å². The zero-order valence-corrected chi connectivity index (χ0v) is 14.0. The number of hydrogen-bond acceptors (Lipinski definition) is 3. The summed E-state index contributed by atoms with van der Waals surface area (Å²) in [6, 6.07) is 6.17. The van der Waals surface area contributed by atoms with E-state index < -0.39 is 0 Å². The van der Waals surface area contributed by atoms with Crippen molar-refractivity contribution in [2.45, 2.75) is 26.8 Å². The maximum Gasteiger partial charge on any atom is 0.124 e. The van der Waals surface area contributed by atoms with Crippen molar-refractivity contribution in [2.24, 2.45) is 5.73 Å². The highest BCUT2D eigenvalue weighted by Gasteiger charge is 2.19. The quantitative estimate of drug-likeness (QED) is 0.893. The van der Waals surface area contributed by atoms with Crippen LogP contribution in [0.4, 0.5) is 0 Å². The van der Waals surface area contributed by atoms with Gasteiger partial charge in [-0.25, -0.2) is 0 Å². The summed E-state index contributed by atoms with van der Waals surface area (Å²) in [6.07, 6.45) is 0. The van der Waals surface area contributed by atoms with Gasteiger partial charge in [0.15, 0.2) is 0 Å². The Morgan fingerprint density at radius 1 is 1.16 bits per heavy atom. The monoisotopic (exact) mass is 339 g/mol. The average molecular weight is 340 g/mol. The molecule has 0 fully saturated rings. The topological polar surface area (TPSA) is 35.2 Å². The molecule has 2 aromatic rings. The van der Waals surface area contributed by atoms with E-state index >= 15 is 0 Å². The van der Waals surface area contributed by atoms with Gasteiger partial charge in [0.25, 0.3) is 0 Å². The molecule has 0 aliphatic carbocycles. The second kappa shape index (κ2) is 5.65. The van der Waals surface area contributed by atoms with Crippen molar-refractivity contribution in [3.8, 4) is 5.75 Å². The minimum absolute atomic E-state index is 0.148. The lowest BCUT2D eigenvalue weighted by Crippen LogP contribution is -2.13. The van der Waals surface area contributed by atoms with Gasteiger partial charge in [0, 0.05) is 10.4 Å². The third kappa shape index (κ3) is 2.86. The van der Waals surface area contributed by atoms with Crippen LogP contribution in [0.25, 0.3) is 0 Å². The van der Waals surface area contributed by atoms with Crippen molar-refractivity contribution in [3.05, 3.63) is 49.1 Å². The Morgan fingerprint density at radius 3 is 2.37 bits per heavy atom.